The van der Waals surface area contributed by atoms with Gasteiger partial charge in [-0.05, 0) is 0 Å². The van der Waals surface area contributed by atoms with Crippen molar-refractivity contribution in [3.05, 3.63) is 0 Å². The van der Waals surface area contributed by atoms with E-state index in [0.29, 0.717) is 0 Å². The third kappa shape index (κ3) is 14.6. The molecule has 80 valence electrons. The molecule has 0 aromatic heterocycles. The van der Waals surface area contributed by atoms with E-state index in [9.17, 15) is 13.9 Å². The number of aliphatic hydroxyl groups is 1. The van der Waals surface area contributed by atoms with Crippen LogP contribution in [0, 0.1) is 0 Å². The summed E-state index contributed by atoms with van der Waals surface area (Å²) in [5.41, 5.74) is -2.09. The van der Waals surface area contributed by atoms with Crippen molar-refractivity contribution < 1.29 is 43.7 Å². The lowest BCUT2D eigenvalue weighted by atomic mass is 11.6. The highest BCUT2D eigenvalue weighted by molar-refractivity contribution is 7.69. The highest BCUT2D eigenvalue weighted by Gasteiger charge is 2.23. The van der Waals surface area contributed by atoms with Crippen LogP contribution in [0.4, 0.5) is 4.79 Å². The molecule has 0 atom stereocenters. The zero-order valence-electron chi connectivity index (χ0n) is 6.01. The molecule has 0 radical (unpaired) electrons. The van der Waals surface area contributed by atoms with Crippen LogP contribution in [0.15, 0.2) is 0 Å². The minimum absolute atomic E-state index is 1.06. The normalized spacial score (nSPS) is 11.5. The van der Waals surface area contributed by atoms with Crippen LogP contribution in [0.1, 0.15) is 0 Å². The molecule has 0 bridgehead atoms. The van der Waals surface area contributed by atoms with Crippen molar-refractivity contribution in [3.63, 3.8) is 0 Å². The maximum Gasteiger partial charge on any atom is 0.433 e. The maximum absolute atomic E-state index is 9.44. The smallest absolute Gasteiger partial charge is 0.433 e. The Hall–Kier alpha value is -0.270. The molecule has 0 rings (SSSR count). The van der Waals surface area contributed by atoms with Gasteiger partial charge in [-0.1, -0.05) is 0 Å². The second-order valence-corrected chi connectivity index (χ2v) is 4.72. The first kappa shape index (κ1) is 15.2. The van der Waals surface area contributed by atoms with Crippen molar-refractivity contribution in [2.24, 2.45) is 0 Å². The Balaban J connectivity index is 0. The summed E-state index contributed by atoms with van der Waals surface area (Å²) in [6.45, 7) is 0. The predicted octanol–water partition coefficient (Wildman–Crippen LogP) is -1.04. The van der Waals surface area contributed by atoms with Gasteiger partial charge in [0.1, 0.15) is 6.35 Å². The molecular formula is C2H8O9P2. The molecular weight excluding hydrogens is 230 g/mol. The zero-order chi connectivity index (χ0) is 11.3. The topological polar surface area (TPSA) is 173 Å². The standard InChI is InChI=1S/CH3O5P.CH5O4P/c2-1(3)7(4,5)6;2-1-6(3,4)5/h(H,2,3)(H2,4,5,6);2H,1H2,(H2,3,4,5). The molecule has 6 N–H and O–H groups in total. The van der Waals surface area contributed by atoms with E-state index in [0.717, 1.165) is 0 Å². The summed E-state index contributed by atoms with van der Waals surface area (Å²) in [4.78, 5) is 39.8. The van der Waals surface area contributed by atoms with Gasteiger partial charge in [0, 0.05) is 0 Å². The number of rotatable bonds is 2. The predicted molar refractivity (Wildman–Crippen MR) is 39.2 cm³/mol. The Morgan fingerprint density at radius 2 is 1.23 bits per heavy atom. The average Bonchev–Trinajstić information content (AvgIpc) is 1.85. The van der Waals surface area contributed by atoms with Crippen LogP contribution < -0.4 is 0 Å². The summed E-state index contributed by atoms with van der Waals surface area (Å²) in [5.74, 6) is 0. The Kier molecular flexibility index (Phi) is 6.39. The van der Waals surface area contributed by atoms with E-state index in [4.69, 9.17) is 29.8 Å². The van der Waals surface area contributed by atoms with Crippen molar-refractivity contribution >= 4 is 20.9 Å². The molecule has 0 aromatic rings. The van der Waals surface area contributed by atoms with E-state index >= 15 is 0 Å². The van der Waals surface area contributed by atoms with Gasteiger partial charge >= 0.3 is 20.9 Å². The summed E-state index contributed by atoms with van der Waals surface area (Å²) < 4.78 is 18.9. The molecule has 0 aliphatic heterocycles. The fourth-order valence-corrected chi connectivity index (χ4v) is 0. The molecule has 0 aliphatic carbocycles. The number of aliphatic hydroxyl groups excluding tert-OH is 1. The van der Waals surface area contributed by atoms with Crippen molar-refractivity contribution in [1.29, 1.82) is 0 Å². The van der Waals surface area contributed by atoms with Crippen LogP contribution in [0.2, 0.25) is 0 Å². The lowest BCUT2D eigenvalue weighted by Crippen LogP contribution is -1.90. The summed E-state index contributed by atoms with van der Waals surface area (Å²) >= 11 is 0. The van der Waals surface area contributed by atoms with Crippen LogP contribution in [0.5, 0.6) is 0 Å². The molecule has 11 heteroatoms. The lowest BCUT2D eigenvalue weighted by Gasteiger charge is -1.92. The van der Waals surface area contributed by atoms with Gasteiger partial charge in [-0.2, -0.15) is 0 Å². The average molecular weight is 238 g/mol. The van der Waals surface area contributed by atoms with Gasteiger partial charge in [0.15, 0.2) is 0 Å². The Morgan fingerprint density at radius 3 is 1.23 bits per heavy atom. The van der Waals surface area contributed by atoms with Gasteiger partial charge in [0.25, 0.3) is 0 Å². The molecule has 0 saturated heterocycles. The summed E-state index contributed by atoms with van der Waals surface area (Å²) in [7, 11) is -8.91. The van der Waals surface area contributed by atoms with E-state index in [-0.39, 0.29) is 0 Å². The van der Waals surface area contributed by atoms with E-state index in [1.165, 1.54) is 0 Å². The third-order valence-electron chi connectivity index (χ3n) is 0.433. The second kappa shape index (κ2) is 5.46. The lowest BCUT2D eigenvalue weighted by molar-refractivity contribution is 0.208. The van der Waals surface area contributed by atoms with Gasteiger partial charge in [-0.3, -0.25) is 4.57 Å². The number of carbonyl (C=O) groups is 1. The molecule has 0 amide bonds. The zero-order valence-corrected chi connectivity index (χ0v) is 7.80. The van der Waals surface area contributed by atoms with Crippen molar-refractivity contribution in [1.82, 2.24) is 0 Å². The van der Waals surface area contributed by atoms with Crippen molar-refractivity contribution in [3.8, 4) is 0 Å². The highest BCUT2D eigenvalue weighted by atomic mass is 31.2. The number of carboxylic acid groups (broad SMARTS) is 1. The first-order valence-electron chi connectivity index (χ1n) is 2.45. The second-order valence-electron chi connectivity index (χ2n) is 1.63. The van der Waals surface area contributed by atoms with Gasteiger partial charge in [0.05, 0.1) is 0 Å². The van der Waals surface area contributed by atoms with E-state index in [1.54, 1.807) is 0 Å². The summed E-state index contributed by atoms with van der Waals surface area (Å²) in [5, 5.41) is 15.1. The SMILES string of the molecule is O=C(O)P(=O)(O)O.O=P(O)(O)CO. The largest absolute Gasteiger partial charge is 0.472 e. The first-order valence-corrected chi connectivity index (χ1v) is 5.86. The minimum atomic E-state index is -4.82. The van der Waals surface area contributed by atoms with Crippen LogP contribution >= 0.6 is 15.2 Å². The van der Waals surface area contributed by atoms with Crippen molar-refractivity contribution in [2.75, 3.05) is 6.35 Å². The quantitative estimate of drug-likeness (QED) is 0.328. The molecule has 0 aliphatic rings. The molecule has 0 saturated carbocycles. The first-order chi connectivity index (χ1) is 5.50. The maximum atomic E-state index is 9.44. The number of hydrogen-bond acceptors (Lipinski definition) is 4. The van der Waals surface area contributed by atoms with Crippen LogP contribution in [-0.2, 0) is 9.13 Å². The van der Waals surface area contributed by atoms with E-state index in [1.807, 2.05) is 0 Å². The molecule has 0 spiro atoms. The van der Waals surface area contributed by atoms with Gasteiger partial charge in [-0.15, -0.1) is 0 Å². The molecule has 0 aromatic carbocycles. The minimum Gasteiger partial charge on any atom is -0.472 e. The molecule has 9 nitrogen and oxygen atoms in total. The van der Waals surface area contributed by atoms with Gasteiger partial charge in [0.2, 0.25) is 0 Å². The van der Waals surface area contributed by atoms with E-state index < -0.39 is 27.2 Å². The Labute approximate surface area is 72.0 Å². The molecule has 13 heavy (non-hydrogen) atoms. The van der Waals surface area contributed by atoms with Crippen molar-refractivity contribution in [2.45, 2.75) is 0 Å². The van der Waals surface area contributed by atoms with Crippen LogP contribution in [-0.4, -0.2) is 41.8 Å². The Bertz CT molecular complexity index is 244. The number of hydrogen-bond donors (Lipinski definition) is 6. The van der Waals surface area contributed by atoms with Gasteiger partial charge in [-0.25, -0.2) is 9.36 Å². The monoisotopic (exact) mass is 238 g/mol. The highest BCUT2D eigenvalue weighted by Crippen LogP contribution is 2.34. The van der Waals surface area contributed by atoms with Gasteiger partial charge < -0.3 is 29.8 Å². The summed E-state index contributed by atoms with van der Waals surface area (Å²) in [6, 6.07) is 0. The fourth-order valence-electron chi connectivity index (χ4n) is 0. The van der Waals surface area contributed by atoms with Crippen LogP contribution in [0.25, 0.3) is 0 Å². The Morgan fingerprint density at radius 1 is 1.08 bits per heavy atom. The summed E-state index contributed by atoms with van der Waals surface area (Å²) in [6.07, 6.45) is -1.06. The fraction of sp³-hybridized carbons (Fsp3) is 0.500. The van der Waals surface area contributed by atoms with Crippen LogP contribution in [0.3, 0.4) is 0 Å². The molecule has 0 fully saturated rings. The molecule has 0 unspecified atom stereocenters. The van der Waals surface area contributed by atoms with E-state index in [2.05, 4.69) is 0 Å². The third-order valence-corrected chi connectivity index (χ3v) is 1.30. The molecule has 0 heterocycles.